The van der Waals surface area contributed by atoms with Crippen LogP contribution in [-0.4, -0.2) is 42.4 Å². The summed E-state index contributed by atoms with van der Waals surface area (Å²) in [5, 5.41) is 17.9. The Morgan fingerprint density at radius 2 is 2.17 bits per heavy atom. The predicted octanol–water partition coefficient (Wildman–Crippen LogP) is 1.39. The van der Waals surface area contributed by atoms with Crippen LogP contribution < -0.4 is 4.74 Å². The van der Waals surface area contributed by atoms with Crippen molar-refractivity contribution >= 4 is 0 Å². The van der Waals surface area contributed by atoms with E-state index in [1.54, 1.807) is 12.1 Å². The van der Waals surface area contributed by atoms with Crippen molar-refractivity contribution in [2.24, 2.45) is 0 Å². The van der Waals surface area contributed by atoms with Crippen LogP contribution in [-0.2, 0) is 0 Å². The second kappa shape index (κ2) is 6.39. The van der Waals surface area contributed by atoms with Gasteiger partial charge in [-0.25, -0.2) is 0 Å². The average molecular weight is 246 g/mol. The topological polar surface area (TPSA) is 56.5 Å². The van der Waals surface area contributed by atoms with E-state index in [0.29, 0.717) is 18.2 Å². The van der Waals surface area contributed by atoms with Crippen LogP contribution in [0, 0.1) is 11.3 Å². The maximum absolute atomic E-state index is 9.20. The summed E-state index contributed by atoms with van der Waals surface area (Å²) in [5.41, 5.74) is 0.641. The van der Waals surface area contributed by atoms with E-state index >= 15 is 0 Å². The maximum atomic E-state index is 9.20. The fourth-order valence-electron chi connectivity index (χ4n) is 2.30. The molecule has 2 rings (SSSR count). The molecular formula is C14H18N2O2. The van der Waals surface area contributed by atoms with Crippen LogP contribution in [0.1, 0.15) is 18.4 Å². The molecule has 0 radical (unpaired) electrons. The first-order valence-electron chi connectivity index (χ1n) is 6.31. The van der Waals surface area contributed by atoms with E-state index in [0.717, 1.165) is 31.7 Å². The summed E-state index contributed by atoms with van der Waals surface area (Å²) < 4.78 is 5.63. The summed E-state index contributed by atoms with van der Waals surface area (Å²) in [6.07, 6.45) is 2.23. The molecule has 1 saturated heterocycles. The van der Waals surface area contributed by atoms with E-state index in [1.807, 2.05) is 12.1 Å². The van der Waals surface area contributed by atoms with Crippen molar-refractivity contribution in [1.82, 2.24) is 4.90 Å². The van der Waals surface area contributed by atoms with E-state index in [9.17, 15) is 5.11 Å². The lowest BCUT2D eigenvalue weighted by molar-refractivity contribution is 0.139. The molecule has 0 aliphatic carbocycles. The molecule has 4 nitrogen and oxygen atoms in total. The zero-order valence-electron chi connectivity index (χ0n) is 10.4. The normalized spacial score (nSPS) is 19.7. The third kappa shape index (κ3) is 3.22. The highest BCUT2D eigenvalue weighted by Crippen LogP contribution is 2.16. The SMILES string of the molecule is N#Cc1ccc(OCCN2CCCC2CO)cc1. The van der Waals surface area contributed by atoms with Crippen molar-refractivity contribution in [1.29, 1.82) is 5.26 Å². The van der Waals surface area contributed by atoms with E-state index in [4.69, 9.17) is 10.00 Å². The number of aliphatic hydroxyl groups is 1. The molecule has 96 valence electrons. The number of ether oxygens (including phenoxy) is 1. The van der Waals surface area contributed by atoms with Crippen LogP contribution >= 0.6 is 0 Å². The number of nitrogens with zero attached hydrogens (tertiary/aromatic N) is 2. The van der Waals surface area contributed by atoms with E-state index in [-0.39, 0.29) is 6.61 Å². The van der Waals surface area contributed by atoms with Gasteiger partial charge in [0, 0.05) is 12.6 Å². The molecule has 1 aliphatic heterocycles. The molecule has 18 heavy (non-hydrogen) atoms. The summed E-state index contributed by atoms with van der Waals surface area (Å²) in [4.78, 5) is 2.27. The minimum Gasteiger partial charge on any atom is -0.492 e. The summed E-state index contributed by atoms with van der Waals surface area (Å²) in [6.45, 7) is 2.73. The van der Waals surface area contributed by atoms with Gasteiger partial charge in [0.05, 0.1) is 18.2 Å². The first-order chi connectivity index (χ1) is 8.83. The molecule has 1 aliphatic rings. The summed E-state index contributed by atoms with van der Waals surface area (Å²) in [6, 6.07) is 9.50. The van der Waals surface area contributed by atoms with Crippen molar-refractivity contribution in [3.8, 4) is 11.8 Å². The molecule has 0 aromatic heterocycles. The number of rotatable bonds is 5. The molecular weight excluding hydrogens is 228 g/mol. The van der Waals surface area contributed by atoms with Gasteiger partial charge < -0.3 is 9.84 Å². The molecule has 1 atom stereocenters. The van der Waals surface area contributed by atoms with Gasteiger partial charge in [0.1, 0.15) is 12.4 Å². The zero-order chi connectivity index (χ0) is 12.8. The Bertz CT molecular complexity index is 411. The summed E-state index contributed by atoms with van der Waals surface area (Å²) in [7, 11) is 0. The number of hydrogen-bond acceptors (Lipinski definition) is 4. The molecule has 0 spiro atoms. The molecule has 1 heterocycles. The van der Waals surface area contributed by atoms with Crippen LogP contribution in [0.4, 0.5) is 0 Å². The number of aliphatic hydroxyl groups excluding tert-OH is 1. The Labute approximate surface area is 107 Å². The molecule has 0 amide bonds. The van der Waals surface area contributed by atoms with Crippen molar-refractivity contribution < 1.29 is 9.84 Å². The van der Waals surface area contributed by atoms with Crippen molar-refractivity contribution in [3.63, 3.8) is 0 Å². The van der Waals surface area contributed by atoms with Gasteiger partial charge in [0.15, 0.2) is 0 Å². The van der Waals surface area contributed by atoms with Gasteiger partial charge in [0.2, 0.25) is 0 Å². The minimum atomic E-state index is 0.233. The van der Waals surface area contributed by atoms with Gasteiger partial charge in [-0.1, -0.05) is 0 Å². The Morgan fingerprint density at radius 1 is 1.39 bits per heavy atom. The van der Waals surface area contributed by atoms with Crippen LogP contribution in [0.15, 0.2) is 24.3 Å². The molecule has 4 heteroatoms. The van der Waals surface area contributed by atoms with Gasteiger partial charge in [0.25, 0.3) is 0 Å². The van der Waals surface area contributed by atoms with Gasteiger partial charge in [-0.2, -0.15) is 5.26 Å². The molecule has 1 aromatic carbocycles. The lowest BCUT2D eigenvalue weighted by atomic mass is 10.2. The first kappa shape index (κ1) is 12.9. The summed E-state index contributed by atoms with van der Waals surface area (Å²) in [5.74, 6) is 0.786. The Balaban J connectivity index is 1.76. The van der Waals surface area contributed by atoms with E-state index in [1.165, 1.54) is 0 Å². The molecule has 0 bridgehead atoms. The third-order valence-corrected chi connectivity index (χ3v) is 3.34. The molecule has 1 unspecified atom stereocenters. The Hall–Kier alpha value is -1.57. The highest BCUT2D eigenvalue weighted by molar-refractivity contribution is 5.34. The monoisotopic (exact) mass is 246 g/mol. The van der Waals surface area contributed by atoms with Crippen LogP contribution in [0.25, 0.3) is 0 Å². The second-order valence-electron chi connectivity index (χ2n) is 4.50. The van der Waals surface area contributed by atoms with Crippen molar-refractivity contribution in [3.05, 3.63) is 29.8 Å². The number of benzene rings is 1. The third-order valence-electron chi connectivity index (χ3n) is 3.34. The molecule has 1 aromatic rings. The lowest BCUT2D eigenvalue weighted by Crippen LogP contribution is -2.35. The predicted molar refractivity (Wildman–Crippen MR) is 68.3 cm³/mol. The average Bonchev–Trinajstić information content (AvgIpc) is 2.87. The van der Waals surface area contributed by atoms with Crippen molar-refractivity contribution in [2.75, 3.05) is 26.3 Å². The van der Waals surface area contributed by atoms with Gasteiger partial charge in [-0.3, -0.25) is 4.90 Å². The van der Waals surface area contributed by atoms with Crippen LogP contribution in [0.5, 0.6) is 5.75 Å². The number of nitriles is 1. The maximum Gasteiger partial charge on any atom is 0.119 e. The first-order valence-corrected chi connectivity index (χ1v) is 6.31. The Morgan fingerprint density at radius 3 is 2.83 bits per heavy atom. The van der Waals surface area contributed by atoms with E-state index < -0.39 is 0 Å². The van der Waals surface area contributed by atoms with E-state index in [2.05, 4.69) is 11.0 Å². The lowest BCUT2D eigenvalue weighted by Gasteiger charge is -2.22. The molecule has 1 fully saturated rings. The fraction of sp³-hybridized carbons (Fsp3) is 0.500. The number of likely N-dealkylation sites (tertiary alicyclic amines) is 1. The molecule has 0 saturated carbocycles. The van der Waals surface area contributed by atoms with Crippen molar-refractivity contribution in [2.45, 2.75) is 18.9 Å². The second-order valence-corrected chi connectivity index (χ2v) is 4.50. The quantitative estimate of drug-likeness (QED) is 0.853. The zero-order valence-corrected chi connectivity index (χ0v) is 10.4. The highest BCUT2D eigenvalue weighted by Gasteiger charge is 2.22. The van der Waals surface area contributed by atoms with Gasteiger partial charge in [-0.15, -0.1) is 0 Å². The highest BCUT2D eigenvalue weighted by atomic mass is 16.5. The smallest absolute Gasteiger partial charge is 0.119 e. The van der Waals surface area contributed by atoms with Gasteiger partial charge >= 0.3 is 0 Å². The van der Waals surface area contributed by atoms with Gasteiger partial charge in [-0.05, 0) is 43.7 Å². The summed E-state index contributed by atoms with van der Waals surface area (Å²) >= 11 is 0. The fourth-order valence-corrected chi connectivity index (χ4v) is 2.30. The standard InChI is InChI=1S/C14H18N2O2/c15-10-12-3-5-14(6-4-12)18-9-8-16-7-1-2-13(16)11-17/h3-6,13,17H,1-2,7-9,11H2. The number of hydrogen-bond donors (Lipinski definition) is 1. The largest absolute Gasteiger partial charge is 0.492 e. The van der Waals surface area contributed by atoms with Crippen LogP contribution in [0.3, 0.4) is 0 Å². The minimum absolute atomic E-state index is 0.233. The Kier molecular flexibility index (Phi) is 4.57. The molecule has 1 N–H and O–H groups in total. The van der Waals surface area contributed by atoms with Crippen LogP contribution in [0.2, 0.25) is 0 Å².